The lowest BCUT2D eigenvalue weighted by Crippen LogP contribution is -2.61. The van der Waals surface area contributed by atoms with Crippen LogP contribution >= 0.6 is 0 Å². The summed E-state index contributed by atoms with van der Waals surface area (Å²) >= 11 is 0. The van der Waals surface area contributed by atoms with Crippen LogP contribution in [0.3, 0.4) is 0 Å². The number of carbonyl (C=O) groups is 1. The van der Waals surface area contributed by atoms with Crippen molar-refractivity contribution in [3.63, 3.8) is 0 Å². The van der Waals surface area contributed by atoms with Crippen molar-refractivity contribution in [1.29, 1.82) is 0 Å². The third-order valence-electron chi connectivity index (χ3n) is 6.42. The van der Waals surface area contributed by atoms with Gasteiger partial charge in [0.15, 0.2) is 0 Å². The molecule has 2 heterocycles. The summed E-state index contributed by atoms with van der Waals surface area (Å²) in [6.45, 7) is 5.80. The molecule has 1 amide bonds. The van der Waals surface area contributed by atoms with Gasteiger partial charge in [-0.15, -0.1) is 0 Å². The first-order chi connectivity index (χ1) is 20.2. The van der Waals surface area contributed by atoms with Gasteiger partial charge in [-0.05, 0) is 55.7 Å². The molecule has 5 rings (SSSR count). The van der Waals surface area contributed by atoms with Gasteiger partial charge in [-0.25, -0.2) is 9.18 Å². The number of hydrogen-bond donors (Lipinski definition) is 0. The van der Waals surface area contributed by atoms with E-state index in [0.717, 1.165) is 22.3 Å². The Morgan fingerprint density at radius 3 is 2.17 bits per heavy atom. The van der Waals surface area contributed by atoms with E-state index in [1.807, 2.05) is 97.1 Å². The largest absolute Gasteiger partial charge is 0.473 e. The predicted molar refractivity (Wildman–Crippen MR) is 160 cm³/mol. The van der Waals surface area contributed by atoms with Gasteiger partial charge in [0.1, 0.15) is 18.8 Å². The van der Waals surface area contributed by atoms with E-state index >= 15 is 4.39 Å². The lowest BCUT2D eigenvalue weighted by Gasteiger charge is -2.41. The average molecular weight is 565 g/mol. The van der Waals surface area contributed by atoms with E-state index in [0.29, 0.717) is 30.5 Å². The van der Waals surface area contributed by atoms with Crippen molar-refractivity contribution in [2.75, 3.05) is 13.1 Å². The molecule has 42 heavy (non-hydrogen) atoms. The zero-order valence-electron chi connectivity index (χ0n) is 24.0. The molecule has 1 aliphatic rings. The number of amides is 1. The average Bonchev–Trinajstić information content (AvgIpc) is 2.97. The SMILES string of the molecule is CC(C)(C)OC(=O)N1CC(F)(C#Cc2cccc(-c3ccc(OCc4ccccc4)nc3OCc3ccccc3)c2)C1. The summed E-state index contributed by atoms with van der Waals surface area (Å²) in [4.78, 5) is 18.2. The van der Waals surface area contributed by atoms with Crippen molar-refractivity contribution in [3.05, 3.63) is 114 Å². The van der Waals surface area contributed by atoms with Crippen LogP contribution in [-0.2, 0) is 18.0 Å². The third-order valence-corrected chi connectivity index (χ3v) is 6.42. The molecule has 0 N–H and O–H groups in total. The van der Waals surface area contributed by atoms with Crippen LogP contribution in [0, 0.1) is 11.8 Å². The van der Waals surface area contributed by atoms with Crippen LogP contribution in [0.25, 0.3) is 11.1 Å². The number of likely N-dealkylation sites (tertiary alicyclic amines) is 1. The Morgan fingerprint density at radius 2 is 1.52 bits per heavy atom. The molecule has 7 heteroatoms. The number of carbonyl (C=O) groups excluding carboxylic acids is 1. The number of benzene rings is 3. The molecule has 1 aliphatic heterocycles. The number of ether oxygens (including phenoxy) is 3. The number of aromatic nitrogens is 1. The molecule has 0 spiro atoms. The molecular formula is C35H33FN2O4. The molecule has 0 aliphatic carbocycles. The third kappa shape index (κ3) is 7.67. The van der Waals surface area contributed by atoms with Gasteiger partial charge in [-0.1, -0.05) is 84.6 Å². The fraction of sp³-hybridized carbons (Fsp3) is 0.257. The van der Waals surface area contributed by atoms with Crippen LogP contribution in [-0.4, -0.2) is 40.3 Å². The van der Waals surface area contributed by atoms with Gasteiger partial charge in [0.25, 0.3) is 0 Å². The molecule has 214 valence electrons. The van der Waals surface area contributed by atoms with Gasteiger partial charge in [0.2, 0.25) is 17.4 Å². The zero-order chi connectivity index (χ0) is 29.6. The zero-order valence-corrected chi connectivity index (χ0v) is 24.0. The topological polar surface area (TPSA) is 60.9 Å². The van der Waals surface area contributed by atoms with Gasteiger partial charge in [-0.2, -0.15) is 4.98 Å². The summed E-state index contributed by atoms with van der Waals surface area (Å²) in [5, 5.41) is 0. The number of halogens is 1. The molecule has 1 saturated heterocycles. The van der Waals surface area contributed by atoms with E-state index < -0.39 is 17.4 Å². The summed E-state index contributed by atoms with van der Waals surface area (Å²) in [6.07, 6.45) is -0.536. The summed E-state index contributed by atoms with van der Waals surface area (Å²) in [5.74, 6) is 6.52. The van der Waals surface area contributed by atoms with E-state index in [1.165, 1.54) is 4.90 Å². The van der Waals surface area contributed by atoms with Crippen LogP contribution in [0.2, 0.25) is 0 Å². The van der Waals surface area contributed by atoms with Gasteiger partial charge < -0.3 is 14.2 Å². The molecule has 0 atom stereocenters. The maximum atomic E-state index is 15.2. The highest BCUT2D eigenvalue weighted by atomic mass is 19.1. The lowest BCUT2D eigenvalue weighted by molar-refractivity contribution is -0.0271. The number of nitrogens with zero attached hydrogens (tertiary/aromatic N) is 2. The first-order valence-corrected chi connectivity index (χ1v) is 13.8. The van der Waals surface area contributed by atoms with E-state index in [1.54, 1.807) is 20.8 Å². The number of alkyl halides is 1. The van der Waals surface area contributed by atoms with Crippen LogP contribution < -0.4 is 9.47 Å². The van der Waals surface area contributed by atoms with E-state index in [9.17, 15) is 4.79 Å². The highest BCUT2D eigenvalue weighted by Gasteiger charge is 2.46. The summed E-state index contributed by atoms with van der Waals surface area (Å²) in [5.41, 5.74) is 1.85. The highest BCUT2D eigenvalue weighted by molar-refractivity contribution is 5.71. The lowest BCUT2D eigenvalue weighted by atomic mass is 9.96. The van der Waals surface area contributed by atoms with Crippen LogP contribution in [0.1, 0.15) is 37.5 Å². The Labute approximate surface area is 246 Å². The van der Waals surface area contributed by atoms with Crippen LogP contribution in [0.4, 0.5) is 9.18 Å². The van der Waals surface area contributed by atoms with Crippen molar-refractivity contribution < 1.29 is 23.4 Å². The number of hydrogen-bond acceptors (Lipinski definition) is 5. The van der Waals surface area contributed by atoms with Crippen LogP contribution in [0.15, 0.2) is 97.1 Å². The molecule has 0 bridgehead atoms. The molecule has 1 aromatic heterocycles. The van der Waals surface area contributed by atoms with Gasteiger partial charge >= 0.3 is 6.09 Å². The first-order valence-electron chi connectivity index (χ1n) is 13.8. The van der Waals surface area contributed by atoms with E-state index in [2.05, 4.69) is 16.8 Å². The molecule has 0 radical (unpaired) electrons. The molecule has 4 aromatic rings. The number of pyridine rings is 1. The van der Waals surface area contributed by atoms with Crippen molar-refractivity contribution in [2.24, 2.45) is 0 Å². The van der Waals surface area contributed by atoms with E-state index in [-0.39, 0.29) is 13.1 Å². The normalized spacial score (nSPS) is 13.8. The molecule has 3 aromatic carbocycles. The van der Waals surface area contributed by atoms with E-state index in [4.69, 9.17) is 14.2 Å². The minimum absolute atomic E-state index is 0.125. The Balaban J connectivity index is 1.33. The smallest absolute Gasteiger partial charge is 0.410 e. The van der Waals surface area contributed by atoms with Gasteiger partial charge in [0.05, 0.1) is 13.1 Å². The van der Waals surface area contributed by atoms with Crippen molar-refractivity contribution in [2.45, 2.75) is 45.3 Å². The quantitative estimate of drug-likeness (QED) is 0.222. The minimum Gasteiger partial charge on any atom is -0.473 e. The Morgan fingerprint density at radius 1 is 0.881 bits per heavy atom. The highest BCUT2D eigenvalue weighted by Crippen LogP contribution is 2.32. The van der Waals surface area contributed by atoms with Crippen LogP contribution in [0.5, 0.6) is 11.8 Å². The standard InChI is InChI=1S/C35H33FN2O4/c1-34(2,3)42-33(39)38-24-35(36,25-38)20-19-26-15-10-16-29(21-26)30-17-18-31(40-22-27-11-6-4-7-12-27)37-32(30)41-23-28-13-8-5-9-14-28/h4-18,21H,22-25H2,1-3H3. The molecule has 0 unspecified atom stereocenters. The molecule has 0 saturated carbocycles. The number of rotatable bonds is 7. The molecule has 1 fully saturated rings. The molecule has 6 nitrogen and oxygen atoms in total. The fourth-order valence-electron chi connectivity index (χ4n) is 4.33. The Hall–Kier alpha value is -4.83. The van der Waals surface area contributed by atoms with Gasteiger partial charge in [-0.3, -0.25) is 4.90 Å². The summed E-state index contributed by atoms with van der Waals surface area (Å²) in [6, 6.07) is 30.9. The first kappa shape index (κ1) is 28.7. The fourth-order valence-corrected chi connectivity index (χ4v) is 4.33. The Kier molecular flexibility index (Phi) is 8.44. The summed E-state index contributed by atoms with van der Waals surface area (Å²) < 4.78 is 32.6. The minimum atomic E-state index is -1.78. The predicted octanol–water partition coefficient (Wildman–Crippen LogP) is 7.22. The van der Waals surface area contributed by atoms with Crippen molar-refractivity contribution >= 4 is 6.09 Å². The second-order valence-corrected chi connectivity index (χ2v) is 11.2. The van der Waals surface area contributed by atoms with Crippen molar-refractivity contribution in [1.82, 2.24) is 9.88 Å². The second kappa shape index (κ2) is 12.4. The summed E-state index contributed by atoms with van der Waals surface area (Å²) in [7, 11) is 0. The molecular weight excluding hydrogens is 531 g/mol. The van der Waals surface area contributed by atoms with Crippen molar-refractivity contribution in [3.8, 4) is 34.7 Å². The van der Waals surface area contributed by atoms with Gasteiger partial charge in [0, 0.05) is 17.2 Å². The maximum Gasteiger partial charge on any atom is 0.410 e. The maximum absolute atomic E-state index is 15.2. The second-order valence-electron chi connectivity index (χ2n) is 11.2. The monoisotopic (exact) mass is 564 g/mol. The Bertz CT molecular complexity index is 1580.